The van der Waals surface area contributed by atoms with Crippen molar-refractivity contribution in [2.24, 2.45) is 0 Å². The Labute approximate surface area is 162 Å². The number of hydrogen-bond acceptors (Lipinski definition) is 5. The molecule has 2 rings (SSSR count). The van der Waals surface area contributed by atoms with Gasteiger partial charge in [0.1, 0.15) is 0 Å². The molecule has 1 aromatic carbocycles. The lowest BCUT2D eigenvalue weighted by molar-refractivity contribution is -0.143. The second-order valence-corrected chi connectivity index (χ2v) is 6.86. The maximum absolute atomic E-state index is 12.0. The summed E-state index contributed by atoms with van der Waals surface area (Å²) in [6, 6.07) is 5.69. The molecule has 0 unspecified atom stereocenters. The van der Waals surface area contributed by atoms with Gasteiger partial charge < -0.3 is 10.1 Å². The molecular formula is C18H22ClN3O3S. The molecule has 0 spiro atoms. The molecule has 8 heteroatoms. The van der Waals surface area contributed by atoms with Gasteiger partial charge in [-0.1, -0.05) is 29.4 Å². The number of benzene rings is 1. The highest BCUT2D eigenvalue weighted by molar-refractivity contribution is 7.99. The lowest BCUT2D eigenvalue weighted by Crippen LogP contribution is -2.26. The van der Waals surface area contributed by atoms with Crippen molar-refractivity contribution >= 4 is 35.2 Å². The summed E-state index contributed by atoms with van der Waals surface area (Å²) in [5.74, 6) is -0.0954. The van der Waals surface area contributed by atoms with E-state index in [0.29, 0.717) is 31.0 Å². The Balaban J connectivity index is 1.83. The Hall–Kier alpha value is -1.99. The summed E-state index contributed by atoms with van der Waals surface area (Å²) >= 11 is 7.53. The smallest absolute Gasteiger partial charge is 0.305 e. The topological polar surface area (TPSA) is 73.2 Å². The molecule has 0 radical (unpaired) electrons. The molecule has 1 aromatic heterocycles. The van der Waals surface area contributed by atoms with Crippen LogP contribution >= 0.6 is 23.4 Å². The van der Waals surface area contributed by atoms with Crippen LogP contribution in [0.25, 0.3) is 5.69 Å². The van der Waals surface area contributed by atoms with Crippen molar-refractivity contribution < 1.29 is 14.3 Å². The van der Waals surface area contributed by atoms with Crippen molar-refractivity contribution in [1.29, 1.82) is 0 Å². The second kappa shape index (κ2) is 10.2. The Morgan fingerprint density at radius 3 is 2.96 bits per heavy atom. The minimum atomic E-state index is -0.241. The number of ether oxygens (including phenoxy) is 1. The van der Waals surface area contributed by atoms with Crippen molar-refractivity contribution in [2.45, 2.75) is 31.8 Å². The van der Waals surface area contributed by atoms with Crippen molar-refractivity contribution in [3.05, 3.63) is 41.2 Å². The number of nitrogens with one attached hydrogen (secondary N) is 1. The Kier molecular flexibility index (Phi) is 8.00. The average Bonchev–Trinajstić information content (AvgIpc) is 3.08. The van der Waals surface area contributed by atoms with Crippen molar-refractivity contribution in [1.82, 2.24) is 14.9 Å². The number of imidazole rings is 1. The van der Waals surface area contributed by atoms with E-state index >= 15 is 0 Å². The fourth-order valence-corrected chi connectivity index (χ4v) is 3.28. The summed E-state index contributed by atoms with van der Waals surface area (Å²) in [7, 11) is 0. The molecule has 0 fully saturated rings. The Bertz CT molecular complexity index is 764. The van der Waals surface area contributed by atoms with Crippen LogP contribution in [-0.2, 0) is 14.3 Å². The van der Waals surface area contributed by atoms with Gasteiger partial charge in [0.15, 0.2) is 5.16 Å². The van der Waals surface area contributed by atoms with E-state index in [2.05, 4.69) is 10.3 Å². The van der Waals surface area contributed by atoms with Crippen LogP contribution in [0.2, 0.25) is 5.02 Å². The number of hydrogen-bond donors (Lipinski definition) is 1. The van der Waals surface area contributed by atoms with Gasteiger partial charge in [-0.2, -0.15) is 0 Å². The van der Waals surface area contributed by atoms with E-state index in [4.69, 9.17) is 16.3 Å². The van der Waals surface area contributed by atoms with E-state index in [-0.39, 0.29) is 17.6 Å². The number of carbonyl (C=O) groups excluding carboxylic acids is 2. The van der Waals surface area contributed by atoms with Gasteiger partial charge in [0.25, 0.3) is 0 Å². The summed E-state index contributed by atoms with van der Waals surface area (Å²) in [5.41, 5.74) is 1.89. The molecule has 140 valence electrons. The molecule has 6 nitrogen and oxygen atoms in total. The first-order chi connectivity index (χ1) is 12.5. The zero-order valence-corrected chi connectivity index (χ0v) is 16.4. The summed E-state index contributed by atoms with van der Waals surface area (Å²) in [6.07, 6.45) is 4.41. The summed E-state index contributed by atoms with van der Waals surface area (Å²) in [6.45, 7) is 4.54. The van der Waals surface area contributed by atoms with Crippen LogP contribution < -0.4 is 5.32 Å². The average molecular weight is 396 g/mol. The van der Waals surface area contributed by atoms with Gasteiger partial charge in [0.2, 0.25) is 5.91 Å². The maximum atomic E-state index is 12.0. The van der Waals surface area contributed by atoms with Crippen LogP contribution in [-0.4, -0.2) is 40.3 Å². The minimum absolute atomic E-state index is 0.101. The molecule has 1 amide bonds. The molecular weight excluding hydrogens is 374 g/mol. The molecule has 2 aromatic rings. The van der Waals surface area contributed by atoms with Crippen LogP contribution in [0.5, 0.6) is 0 Å². The number of carbonyl (C=O) groups is 2. The Morgan fingerprint density at radius 1 is 1.38 bits per heavy atom. The molecule has 1 heterocycles. The molecule has 0 aliphatic carbocycles. The number of halogens is 1. The fourth-order valence-electron chi connectivity index (χ4n) is 2.31. The predicted molar refractivity (Wildman–Crippen MR) is 103 cm³/mol. The van der Waals surface area contributed by atoms with E-state index in [0.717, 1.165) is 16.4 Å². The van der Waals surface area contributed by atoms with Gasteiger partial charge in [-0.05, 0) is 38.0 Å². The molecule has 0 bridgehead atoms. The number of aromatic nitrogens is 2. The third-order valence-electron chi connectivity index (χ3n) is 3.62. The monoisotopic (exact) mass is 395 g/mol. The van der Waals surface area contributed by atoms with Crippen molar-refractivity contribution in [3.63, 3.8) is 0 Å². The molecule has 1 N–H and O–H groups in total. The second-order valence-electron chi connectivity index (χ2n) is 5.51. The molecule has 0 aliphatic heterocycles. The number of nitrogens with zero attached hydrogens (tertiary/aromatic N) is 2. The highest BCUT2D eigenvalue weighted by Crippen LogP contribution is 2.26. The van der Waals surface area contributed by atoms with Crippen LogP contribution in [0.15, 0.2) is 35.7 Å². The Morgan fingerprint density at radius 2 is 2.19 bits per heavy atom. The zero-order chi connectivity index (χ0) is 18.9. The van der Waals surface area contributed by atoms with Crippen molar-refractivity contribution in [3.8, 4) is 5.69 Å². The lowest BCUT2D eigenvalue weighted by Gasteiger charge is -2.11. The normalized spacial score (nSPS) is 10.6. The first-order valence-corrected chi connectivity index (χ1v) is 9.73. The summed E-state index contributed by atoms with van der Waals surface area (Å²) in [5, 5.41) is 4.20. The van der Waals surface area contributed by atoms with E-state index in [1.54, 1.807) is 13.1 Å². The van der Waals surface area contributed by atoms with E-state index < -0.39 is 0 Å². The van der Waals surface area contributed by atoms with Crippen LogP contribution in [0.3, 0.4) is 0 Å². The van der Waals surface area contributed by atoms with Crippen LogP contribution in [0.1, 0.15) is 25.3 Å². The van der Waals surface area contributed by atoms with Crippen molar-refractivity contribution in [2.75, 3.05) is 18.9 Å². The molecule has 26 heavy (non-hydrogen) atoms. The third kappa shape index (κ3) is 5.78. The largest absolute Gasteiger partial charge is 0.466 e. The van der Waals surface area contributed by atoms with Crippen LogP contribution in [0, 0.1) is 6.92 Å². The molecule has 0 saturated heterocycles. The zero-order valence-electron chi connectivity index (χ0n) is 14.8. The van der Waals surface area contributed by atoms with Gasteiger partial charge in [-0.15, -0.1) is 0 Å². The first-order valence-electron chi connectivity index (χ1n) is 8.37. The van der Waals surface area contributed by atoms with Gasteiger partial charge in [-0.3, -0.25) is 14.2 Å². The SMILES string of the molecule is CCOC(=O)CCCNC(=O)CSc1nccn1-c1cccc(Cl)c1C. The van der Waals surface area contributed by atoms with Gasteiger partial charge >= 0.3 is 5.97 Å². The quantitative estimate of drug-likeness (QED) is 0.400. The standard InChI is InChI=1S/C18H22ClN3O3S/c1-3-25-17(24)8-5-9-20-16(23)12-26-18-21-10-11-22(18)15-7-4-6-14(19)13(15)2/h4,6-7,10-11H,3,5,8-9,12H2,1-2H3,(H,20,23). The van der Waals surface area contributed by atoms with E-state index in [1.807, 2.05) is 35.9 Å². The molecule has 0 aliphatic rings. The van der Waals surface area contributed by atoms with Crippen LogP contribution in [0.4, 0.5) is 0 Å². The van der Waals surface area contributed by atoms with E-state index in [9.17, 15) is 9.59 Å². The van der Waals surface area contributed by atoms with E-state index in [1.165, 1.54) is 11.8 Å². The molecule has 0 saturated carbocycles. The number of esters is 1. The minimum Gasteiger partial charge on any atom is -0.466 e. The lowest BCUT2D eigenvalue weighted by atomic mass is 10.2. The predicted octanol–water partition coefficient (Wildman–Crippen LogP) is 3.39. The number of thioether (sulfide) groups is 1. The van der Waals surface area contributed by atoms with Gasteiger partial charge in [-0.25, -0.2) is 4.98 Å². The summed E-state index contributed by atoms with van der Waals surface area (Å²) < 4.78 is 6.76. The van der Waals surface area contributed by atoms with Gasteiger partial charge in [0, 0.05) is 30.4 Å². The summed E-state index contributed by atoms with van der Waals surface area (Å²) in [4.78, 5) is 27.5. The number of amides is 1. The maximum Gasteiger partial charge on any atom is 0.305 e. The number of rotatable bonds is 9. The molecule has 0 atom stereocenters. The van der Waals surface area contributed by atoms with Gasteiger partial charge in [0.05, 0.1) is 18.0 Å². The third-order valence-corrected chi connectivity index (χ3v) is 5.00. The highest BCUT2D eigenvalue weighted by atomic mass is 35.5. The first kappa shape index (κ1) is 20.3. The fraction of sp³-hybridized carbons (Fsp3) is 0.389. The highest BCUT2D eigenvalue weighted by Gasteiger charge is 2.12.